The molecule has 0 aromatic heterocycles. The molecule has 1 saturated heterocycles. The van der Waals surface area contributed by atoms with Crippen LogP contribution in [0.15, 0.2) is 24.3 Å². The van der Waals surface area contributed by atoms with Gasteiger partial charge in [-0.3, -0.25) is 4.90 Å². The fraction of sp³-hybridized carbons (Fsp3) is 0.571. The first-order valence-electron chi connectivity index (χ1n) is 6.85. The van der Waals surface area contributed by atoms with E-state index in [1.807, 2.05) is 0 Å². The summed E-state index contributed by atoms with van der Waals surface area (Å²) >= 11 is 0. The second kappa shape index (κ2) is 6.17. The highest BCUT2D eigenvalue weighted by Gasteiger charge is 2.36. The molecule has 2 unspecified atom stereocenters. The van der Waals surface area contributed by atoms with E-state index < -0.39 is 27.7 Å². The predicted octanol–water partition coefficient (Wildman–Crippen LogP) is 1.86. The molecule has 0 radical (unpaired) electrons. The summed E-state index contributed by atoms with van der Waals surface area (Å²) < 4.78 is 61.7. The van der Waals surface area contributed by atoms with Crippen LogP contribution in [0, 0.1) is 0 Å². The molecule has 22 heavy (non-hydrogen) atoms. The van der Waals surface area contributed by atoms with Gasteiger partial charge in [0.1, 0.15) is 0 Å². The molecule has 4 nitrogen and oxygen atoms in total. The molecule has 124 valence electrons. The van der Waals surface area contributed by atoms with Crippen LogP contribution >= 0.6 is 0 Å². The predicted molar refractivity (Wildman–Crippen MR) is 76.1 cm³/mol. The van der Waals surface area contributed by atoms with Gasteiger partial charge in [0.05, 0.1) is 23.2 Å². The maximum absolute atomic E-state index is 12.9. The normalized spacial score (nSPS) is 22.9. The van der Waals surface area contributed by atoms with Crippen molar-refractivity contribution in [3.8, 4) is 0 Å². The molecule has 0 saturated carbocycles. The summed E-state index contributed by atoms with van der Waals surface area (Å²) in [4.78, 5) is 1.61. The number of hydrogen-bond acceptors (Lipinski definition) is 4. The molecule has 1 N–H and O–H groups in total. The first-order chi connectivity index (χ1) is 10.1. The van der Waals surface area contributed by atoms with E-state index in [4.69, 9.17) is 0 Å². The third kappa shape index (κ3) is 3.99. The Balaban J connectivity index is 2.11. The summed E-state index contributed by atoms with van der Waals surface area (Å²) in [5.74, 6) is 0.0639. The summed E-state index contributed by atoms with van der Waals surface area (Å²) in [6.45, 7) is -0.0483. The molecule has 0 bridgehead atoms. The molecule has 0 spiro atoms. The maximum Gasteiger partial charge on any atom is 0.416 e. The van der Waals surface area contributed by atoms with Gasteiger partial charge in [0.25, 0.3) is 0 Å². The summed E-state index contributed by atoms with van der Waals surface area (Å²) in [5, 5.41) is 10.1. The van der Waals surface area contributed by atoms with Gasteiger partial charge < -0.3 is 5.11 Å². The smallest absolute Gasteiger partial charge is 0.387 e. The van der Waals surface area contributed by atoms with E-state index in [-0.39, 0.29) is 29.7 Å². The largest absolute Gasteiger partial charge is 0.416 e. The van der Waals surface area contributed by atoms with Crippen LogP contribution in [0.25, 0.3) is 0 Å². The number of aliphatic hydroxyl groups excluding tert-OH is 1. The van der Waals surface area contributed by atoms with E-state index >= 15 is 0 Å². The molecule has 8 heteroatoms. The molecule has 1 aliphatic rings. The van der Waals surface area contributed by atoms with Gasteiger partial charge in [-0.15, -0.1) is 0 Å². The minimum atomic E-state index is -4.53. The van der Waals surface area contributed by atoms with Gasteiger partial charge in [-0.25, -0.2) is 8.42 Å². The molecule has 2 rings (SSSR count). The van der Waals surface area contributed by atoms with Crippen molar-refractivity contribution in [3.05, 3.63) is 35.4 Å². The number of benzene rings is 1. The van der Waals surface area contributed by atoms with Crippen LogP contribution in [0.1, 0.15) is 23.7 Å². The molecule has 1 heterocycles. The second-order valence-electron chi connectivity index (χ2n) is 5.60. The maximum atomic E-state index is 12.9. The molecule has 1 aromatic rings. The molecule has 2 atom stereocenters. The summed E-state index contributed by atoms with van der Waals surface area (Å²) in [6, 6.07) is 4.61. The number of aliphatic hydroxyl groups is 1. The number of likely N-dealkylation sites (N-methyl/N-ethyl adjacent to an activating group) is 1. The van der Waals surface area contributed by atoms with Gasteiger partial charge in [0, 0.05) is 12.6 Å². The lowest BCUT2D eigenvalue weighted by Crippen LogP contribution is -2.36. The summed E-state index contributed by atoms with van der Waals surface area (Å²) in [7, 11) is -1.46. The first kappa shape index (κ1) is 17.2. The SMILES string of the molecule is CN(CC(O)c1ccccc1C(F)(F)F)C1CCS(=O)(=O)C1. The molecule has 1 fully saturated rings. The van der Waals surface area contributed by atoms with Gasteiger partial charge in [0.2, 0.25) is 0 Å². The Labute approximate surface area is 127 Å². The van der Waals surface area contributed by atoms with Crippen molar-refractivity contribution in [2.24, 2.45) is 0 Å². The van der Waals surface area contributed by atoms with Gasteiger partial charge in [-0.2, -0.15) is 13.2 Å². The van der Waals surface area contributed by atoms with E-state index in [0.29, 0.717) is 6.42 Å². The Morgan fingerprint density at radius 3 is 2.55 bits per heavy atom. The number of hydrogen-bond donors (Lipinski definition) is 1. The molecule has 1 aliphatic heterocycles. The fourth-order valence-corrected chi connectivity index (χ4v) is 4.49. The molecular formula is C14H18F3NO3S. The van der Waals surface area contributed by atoms with Gasteiger partial charge in [0.15, 0.2) is 9.84 Å². The Morgan fingerprint density at radius 1 is 1.36 bits per heavy atom. The van der Waals surface area contributed by atoms with Crippen molar-refractivity contribution in [2.45, 2.75) is 24.7 Å². The van der Waals surface area contributed by atoms with E-state index in [1.165, 1.54) is 18.2 Å². The third-order valence-electron chi connectivity index (χ3n) is 3.92. The minimum Gasteiger partial charge on any atom is -0.387 e. The quantitative estimate of drug-likeness (QED) is 0.911. The zero-order valence-electron chi connectivity index (χ0n) is 12.0. The van der Waals surface area contributed by atoms with Crippen LogP contribution in [0.5, 0.6) is 0 Å². The Morgan fingerprint density at radius 2 is 2.00 bits per heavy atom. The van der Waals surface area contributed by atoms with Crippen LogP contribution in [0.3, 0.4) is 0 Å². The van der Waals surface area contributed by atoms with E-state index in [2.05, 4.69) is 0 Å². The lowest BCUT2D eigenvalue weighted by molar-refractivity contribution is -0.139. The van der Waals surface area contributed by atoms with E-state index in [9.17, 15) is 26.7 Å². The minimum absolute atomic E-state index is 0.0167. The highest BCUT2D eigenvalue weighted by Crippen LogP contribution is 2.34. The van der Waals surface area contributed by atoms with Gasteiger partial charge in [-0.1, -0.05) is 18.2 Å². The van der Waals surface area contributed by atoms with Crippen LogP contribution in [0.2, 0.25) is 0 Å². The van der Waals surface area contributed by atoms with Crippen molar-refractivity contribution >= 4 is 9.84 Å². The van der Waals surface area contributed by atoms with Crippen molar-refractivity contribution in [2.75, 3.05) is 25.1 Å². The number of sulfone groups is 1. The molecular weight excluding hydrogens is 319 g/mol. The van der Waals surface area contributed by atoms with Crippen molar-refractivity contribution in [1.82, 2.24) is 4.90 Å². The monoisotopic (exact) mass is 337 g/mol. The fourth-order valence-electron chi connectivity index (χ4n) is 2.69. The number of halogens is 3. The lowest BCUT2D eigenvalue weighted by Gasteiger charge is -2.27. The number of nitrogens with zero attached hydrogens (tertiary/aromatic N) is 1. The highest BCUT2D eigenvalue weighted by atomic mass is 32.2. The average Bonchev–Trinajstić information content (AvgIpc) is 2.78. The number of rotatable bonds is 4. The third-order valence-corrected chi connectivity index (χ3v) is 5.67. The van der Waals surface area contributed by atoms with Crippen molar-refractivity contribution in [3.63, 3.8) is 0 Å². The summed E-state index contributed by atoms with van der Waals surface area (Å²) in [6.07, 6.45) is -5.43. The van der Waals surface area contributed by atoms with E-state index in [0.717, 1.165) is 6.07 Å². The number of alkyl halides is 3. The standard InChI is InChI=1S/C14H18F3NO3S/c1-18(10-6-7-22(20,21)9-10)8-13(19)11-4-2-3-5-12(11)14(15,16)17/h2-5,10,13,19H,6-9H2,1H3. The topological polar surface area (TPSA) is 57.6 Å². The molecule has 0 amide bonds. The molecule has 1 aromatic carbocycles. The summed E-state index contributed by atoms with van der Waals surface area (Å²) in [5.41, 5.74) is -1.06. The zero-order valence-corrected chi connectivity index (χ0v) is 12.9. The van der Waals surface area contributed by atoms with E-state index in [1.54, 1.807) is 11.9 Å². The van der Waals surface area contributed by atoms with Crippen molar-refractivity contribution in [1.29, 1.82) is 0 Å². The van der Waals surface area contributed by atoms with Crippen LogP contribution < -0.4 is 0 Å². The Kier molecular flexibility index (Phi) is 4.84. The average molecular weight is 337 g/mol. The first-order valence-corrected chi connectivity index (χ1v) is 8.67. The zero-order chi connectivity index (χ0) is 16.5. The van der Waals surface area contributed by atoms with Crippen LogP contribution in [-0.2, 0) is 16.0 Å². The molecule has 0 aliphatic carbocycles. The Bertz CT molecular complexity index is 630. The van der Waals surface area contributed by atoms with Crippen molar-refractivity contribution < 1.29 is 26.7 Å². The second-order valence-corrected chi connectivity index (χ2v) is 7.83. The highest BCUT2D eigenvalue weighted by molar-refractivity contribution is 7.91. The van der Waals surface area contributed by atoms with Gasteiger partial charge >= 0.3 is 6.18 Å². The van der Waals surface area contributed by atoms with Crippen LogP contribution in [0.4, 0.5) is 13.2 Å². The lowest BCUT2D eigenvalue weighted by atomic mass is 10.0. The Hall–Kier alpha value is -1.12. The van der Waals surface area contributed by atoms with Crippen LogP contribution in [-0.4, -0.2) is 49.6 Å². The van der Waals surface area contributed by atoms with Gasteiger partial charge in [-0.05, 0) is 25.1 Å².